The van der Waals surface area contributed by atoms with Crippen LogP contribution in [0, 0.1) is 20.8 Å². The first kappa shape index (κ1) is 29.4. The molecule has 5 aromatic rings. The highest BCUT2D eigenvalue weighted by molar-refractivity contribution is 7.80. The lowest BCUT2D eigenvalue weighted by Gasteiger charge is -2.29. The van der Waals surface area contributed by atoms with E-state index in [0.29, 0.717) is 21.6 Å². The zero-order valence-corrected chi connectivity index (χ0v) is 26.2. The normalized spacial score (nSPS) is 16.1. The number of halogens is 1. The molecule has 3 aromatic carbocycles. The predicted molar refractivity (Wildman–Crippen MR) is 180 cm³/mol. The van der Waals surface area contributed by atoms with Gasteiger partial charge in [0.15, 0.2) is 11.7 Å². The molecule has 44 heavy (non-hydrogen) atoms. The van der Waals surface area contributed by atoms with Gasteiger partial charge in [-0.3, -0.25) is 9.78 Å². The molecule has 0 bridgehead atoms. The van der Waals surface area contributed by atoms with Crippen molar-refractivity contribution in [2.24, 2.45) is 0 Å². The lowest BCUT2D eigenvalue weighted by molar-refractivity contribution is -0.118. The number of ether oxygens (including phenoxy) is 1. The quantitative estimate of drug-likeness (QED) is 0.174. The number of hydrogen-bond donors (Lipinski definition) is 2. The number of nitrogens with one attached hydrogen (secondary N) is 2. The lowest BCUT2D eigenvalue weighted by atomic mass is 9.93. The van der Waals surface area contributed by atoms with Gasteiger partial charge in [-0.15, -0.1) is 0 Å². The fourth-order valence-corrected chi connectivity index (χ4v) is 6.47. The molecule has 1 fully saturated rings. The van der Waals surface area contributed by atoms with Crippen LogP contribution in [0.2, 0.25) is 5.02 Å². The van der Waals surface area contributed by atoms with Crippen molar-refractivity contribution >= 4 is 46.2 Å². The molecule has 1 aliphatic heterocycles. The van der Waals surface area contributed by atoms with Crippen LogP contribution in [0.4, 0.5) is 11.4 Å². The third-order valence-electron chi connectivity index (χ3n) is 8.01. The molecule has 2 aromatic heterocycles. The van der Waals surface area contributed by atoms with Crippen molar-refractivity contribution < 1.29 is 9.53 Å². The Kier molecular flexibility index (Phi) is 8.37. The summed E-state index contributed by atoms with van der Waals surface area (Å²) >= 11 is 12.4. The predicted octanol–water partition coefficient (Wildman–Crippen LogP) is 7.65. The lowest BCUT2D eigenvalue weighted by Crippen LogP contribution is -2.30. The average Bonchev–Trinajstić information content (AvgIpc) is 3.48. The van der Waals surface area contributed by atoms with Crippen molar-refractivity contribution in [2.75, 3.05) is 16.8 Å². The van der Waals surface area contributed by atoms with E-state index in [2.05, 4.69) is 46.9 Å². The first-order valence-electron chi connectivity index (χ1n) is 14.3. The average molecular weight is 622 g/mol. The number of amides is 1. The van der Waals surface area contributed by atoms with Gasteiger partial charge in [0.1, 0.15) is 5.75 Å². The summed E-state index contributed by atoms with van der Waals surface area (Å²) in [5.41, 5.74) is 8.05. The second-order valence-corrected chi connectivity index (χ2v) is 11.5. The third-order valence-corrected chi connectivity index (χ3v) is 8.56. The van der Waals surface area contributed by atoms with E-state index in [0.717, 1.165) is 28.5 Å². The number of carbonyl (C=O) groups excluding carboxylic acids is 1. The van der Waals surface area contributed by atoms with E-state index in [1.807, 2.05) is 91.0 Å². The standard InChI is InChI=1S/C35H32ClN5O2S/c1-22-23(2)40(28-11-9-10-25(36)20-28)24(3)32(22)34-33(30-14-7-8-19-37-30)39-35(44)41(34)27-17-15-26(16-18-27)38-31(42)21-43-29-12-5-4-6-13-29/h4-20,33-34H,21H2,1-3H3,(H,38,42)(H,39,44)/t33-,34+/m0/s1. The molecule has 0 radical (unpaired) electrons. The minimum Gasteiger partial charge on any atom is -0.484 e. The fourth-order valence-electron chi connectivity index (χ4n) is 5.94. The summed E-state index contributed by atoms with van der Waals surface area (Å²) in [6.45, 7) is 6.35. The minimum absolute atomic E-state index is 0.0821. The Balaban J connectivity index is 1.34. The number of rotatable bonds is 8. The molecule has 1 amide bonds. The van der Waals surface area contributed by atoms with E-state index in [1.165, 1.54) is 11.1 Å². The maximum Gasteiger partial charge on any atom is 0.262 e. The monoisotopic (exact) mass is 621 g/mol. The molecular formula is C35H32ClN5O2S. The molecule has 9 heteroatoms. The number of aromatic nitrogens is 2. The molecular weight excluding hydrogens is 590 g/mol. The summed E-state index contributed by atoms with van der Waals surface area (Å²) in [5.74, 6) is 0.406. The van der Waals surface area contributed by atoms with Gasteiger partial charge in [-0.1, -0.05) is 41.9 Å². The highest BCUT2D eigenvalue weighted by Gasteiger charge is 2.43. The molecule has 3 heterocycles. The molecule has 2 N–H and O–H groups in total. The van der Waals surface area contributed by atoms with Gasteiger partial charge in [-0.05, 0) is 105 Å². The fraction of sp³-hybridized carbons (Fsp3) is 0.171. The van der Waals surface area contributed by atoms with Crippen molar-refractivity contribution in [1.82, 2.24) is 14.9 Å². The van der Waals surface area contributed by atoms with E-state index in [4.69, 9.17) is 33.5 Å². The summed E-state index contributed by atoms with van der Waals surface area (Å²) in [5, 5.41) is 7.76. The van der Waals surface area contributed by atoms with Crippen molar-refractivity contribution in [3.8, 4) is 11.4 Å². The van der Waals surface area contributed by atoms with Gasteiger partial charge >= 0.3 is 0 Å². The van der Waals surface area contributed by atoms with E-state index >= 15 is 0 Å². The van der Waals surface area contributed by atoms with Crippen LogP contribution in [-0.4, -0.2) is 27.2 Å². The zero-order valence-electron chi connectivity index (χ0n) is 24.6. The van der Waals surface area contributed by atoms with Gasteiger partial charge in [0.05, 0.1) is 17.8 Å². The van der Waals surface area contributed by atoms with Gasteiger partial charge in [0.25, 0.3) is 5.91 Å². The van der Waals surface area contributed by atoms with Crippen molar-refractivity contribution in [1.29, 1.82) is 0 Å². The second-order valence-electron chi connectivity index (χ2n) is 10.7. The minimum atomic E-state index is -0.239. The Bertz CT molecular complexity index is 1810. The summed E-state index contributed by atoms with van der Waals surface area (Å²) < 4.78 is 7.84. The number of hydrogen-bond acceptors (Lipinski definition) is 4. The van der Waals surface area contributed by atoms with E-state index in [1.54, 1.807) is 6.20 Å². The SMILES string of the molecule is Cc1c([C@@H]2[C@H](c3ccccn3)NC(=S)N2c2ccc(NC(=O)COc3ccccc3)cc2)c(C)n(-c2cccc(Cl)c2)c1C. The Morgan fingerprint density at radius 1 is 0.932 bits per heavy atom. The van der Waals surface area contributed by atoms with Gasteiger partial charge in [0.2, 0.25) is 0 Å². The van der Waals surface area contributed by atoms with Crippen LogP contribution < -0.4 is 20.3 Å². The number of nitrogens with zero attached hydrogens (tertiary/aromatic N) is 3. The van der Waals surface area contributed by atoms with Crippen LogP contribution in [0.1, 0.15) is 40.3 Å². The summed E-state index contributed by atoms with van der Waals surface area (Å²) in [6, 6.07) is 30.4. The maximum absolute atomic E-state index is 12.6. The van der Waals surface area contributed by atoms with Gasteiger partial charge < -0.3 is 24.8 Å². The van der Waals surface area contributed by atoms with Crippen LogP contribution in [0.5, 0.6) is 5.75 Å². The first-order chi connectivity index (χ1) is 21.3. The highest BCUT2D eigenvalue weighted by Crippen LogP contribution is 2.45. The molecule has 2 atom stereocenters. The van der Waals surface area contributed by atoms with Gasteiger partial charge in [-0.25, -0.2) is 0 Å². The van der Waals surface area contributed by atoms with E-state index in [9.17, 15) is 4.79 Å². The second kappa shape index (κ2) is 12.5. The molecule has 0 unspecified atom stereocenters. The zero-order chi connectivity index (χ0) is 30.8. The molecule has 0 aliphatic carbocycles. The Labute approximate surface area is 267 Å². The number of anilines is 2. The van der Waals surface area contributed by atoms with Gasteiger partial charge in [0, 0.05) is 45.2 Å². The Morgan fingerprint density at radius 2 is 1.68 bits per heavy atom. The summed E-state index contributed by atoms with van der Waals surface area (Å²) in [6.07, 6.45) is 1.81. The Morgan fingerprint density at radius 3 is 2.39 bits per heavy atom. The molecule has 1 saturated heterocycles. The number of pyridine rings is 1. The number of carbonyl (C=O) groups is 1. The van der Waals surface area contributed by atoms with E-state index < -0.39 is 0 Å². The maximum atomic E-state index is 12.6. The topological polar surface area (TPSA) is 71.4 Å². The van der Waals surface area contributed by atoms with E-state index in [-0.39, 0.29) is 24.6 Å². The highest BCUT2D eigenvalue weighted by atomic mass is 35.5. The number of benzene rings is 3. The van der Waals surface area contributed by atoms with Crippen molar-refractivity contribution in [2.45, 2.75) is 32.9 Å². The molecule has 222 valence electrons. The van der Waals surface area contributed by atoms with Crippen LogP contribution in [-0.2, 0) is 4.79 Å². The summed E-state index contributed by atoms with van der Waals surface area (Å²) in [7, 11) is 0. The molecule has 0 spiro atoms. The Hall–Kier alpha value is -4.66. The number of thiocarbonyl (C=S) groups is 1. The van der Waals surface area contributed by atoms with Crippen molar-refractivity contribution in [3.05, 3.63) is 136 Å². The van der Waals surface area contributed by atoms with Crippen LogP contribution >= 0.6 is 23.8 Å². The molecule has 1 aliphatic rings. The molecule has 6 rings (SSSR count). The van der Waals surface area contributed by atoms with Crippen LogP contribution in [0.15, 0.2) is 103 Å². The largest absolute Gasteiger partial charge is 0.484 e. The smallest absolute Gasteiger partial charge is 0.262 e. The van der Waals surface area contributed by atoms with Crippen LogP contribution in [0.25, 0.3) is 5.69 Å². The summed E-state index contributed by atoms with van der Waals surface area (Å²) in [4.78, 5) is 19.4. The third kappa shape index (κ3) is 5.78. The van der Waals surface area contributed by atoms with Crippen molar-refractivity contribution in [3.63, 3.8) is 0 Å². The molecule has 0 saturated carbocycles. The van der Waals surface area contributed by atoms with Crippen LogP contribution in [0.3, 0.4) is 0 Å². The van der Waals surface area contributed by atoms with Gasteiger partial charge in [-0.2, -0.15) is 0 Å². The first-order valence-corrected chi connectivity index (χ1v) is 15.1. The number of para-hydroxylation sites is 1. The molecule has 7 nitrogen and oxygen atoms in total.